The molecule has 1 aliphatic carbocycles. The lowest BCUT2D eigenvalue weighted by atomic mass is 9.92. The summed E-state index contributed by atoms with van der Waals surface area (Å²) in [7, 11) is 0. The van der Waals surface area contributed by atoms with E-state index in [1.807, 2.05) is 0 Å². The van der Waals surface area contributed by atoms with Crippen LogP contribution in [0.4, 0.5) is 0 Å². The molecule has 3 rings (SSSR count). The normalized spacial score (nSPS) is 31.2. The van der Waals surface area contributed by atoms with Crippen molar-refractivity contribution in [3.8, 4) is 0 Å². The van der Waals surface area contributed by atoms with Crippen molar-refractivity contribution >= 4 is 11.8 Å². The SMILES string of the molecule is CSC1CCCC(N2CCNC(Cc3ccccc3)C2)C1. The molecule has 116 valence electrons. The highest BCUT2D eigenvalue weighted by Crippen LogP contribution is 2.30. The summed E-state index contributed by atoms with van der Waals surface area (Å²) in [6, 6.07) is 12.4. The van der Waals surface area contributed by atoms with Gasteiger partial charge in [-0.1, -0.05) is 36.8 Å². The molecular weight excluding hydrogens is 276 g/mol. The first-order chi connectivity index (χ1) is 10.3. The van der Waals surface area contributed by atoms with E-state index in [0.717, 1.165) is 24.3 Å². The second-order valence-electron chi connectivity index (χ2n) is 6.51. The molecule has 1 N–H and O–H groups in total. The van der Waals surface area contributed by atoms with E-state index in [9.17, 15) is 0 Å². The van der Waals surface area contributed by atoms with Crippen molar-refractivity contribution < 1.29 is 0 Å². The zero-order chi connectivity index (χ0) is 14.5. The number of benzene rings is 1. The van der Waals surface area contributed by atoms with Crippen molar-refractivity contribution in [3.63, 3.8) is 0 Å². The second kappa shape index (κ2) is 7.66. The molecule has 0 amide bonds. The molecule has 0 bridgehead atoms. The van der Waals surface area contributed by atoms with Crippen LogP contribution >= 0.6 is 11.8 Å². The van der Waals surface area contributed by atoms with Crippen LogP contribution in [0.1, 0.15) is 31.2 Å². The molecule has 1 aromatic carbocycles. The predicted octanol–water partition coefficient (Wildman–Crippen LogP) is 3.18. The molecule has 1 aliphatic heterocycles. The summed E-state index contributed by atoms with van der Waals surface area (Å²) < 4.78 is 0. The Balaban J connectivity index is 1.55. The van der Waals surface area contributed by atoms with Crippen LogP contribution in [0.2, 0.25) is 0 Å². The van der Waals surface area contributed by atoms with Crippen molar-refractivity contribution in [1.29, 1.82) is 0 Å². The molecule has 21 heavy (non-hydrogen) atoms. The molecule has 1 heterocycles. The van der Waals surface area contributed by atoms with Gasteiger partial charge in [-0.2, -0.15) is 11.8 Å². The molecule has 2 nitrogen and oxygen atoms in total. The molecule has 3 unspecified atom stereocenters. The number of nitrogens with zero attached hydrogens (tertiary/aromatic N) is 1. The van der Waals surface area contributed by atoms with E-state index in [2.05, 4.69) is 58.6 Å². The number of piperazine rings is 1. The molecular formula is C18H28N2S. The van der Waals surface area contributed by atoms with Crippen LogP contribution in [0.15, 0.2) is 30.3 Å². The lowest BCUT2D eigenvalue weighted by Crippen LogP contribution is -2.55. The minimum Gasteiger partial charge on any atom is -0.311 e. The molecule has 0 spiro atoms. The van der Waals surface area contributed by atoms with E-state index in [1.54, 1.807) is 0 Å². The van der Waals surface area contributed by atoms with Crippen LogP contribution in [0.25, 0.3) is 0 Å². The van der Waals surface area contributed by atoms with Crippen molar-refractivity contribution in [2.24, 2.45) is 0 Å². The Morgan fingerprint density at radius 2 is 2.10 bits per heavy atom. The quantitative estimate of drug-likeness (QED) is 0.920. The summed E-state index contributed by atoms with van der Waals surface area (Å²) in [4.78, 5) is 2.77. The fourth-order valence-electron chi connectivity index (χ4n) is 3.88. The molecule has 0 radical (unpaired) electrons. The number of hydrogen-bond donors (Lipinski definition) is 1. The summed E-state index contributed by atoms with van der Waals surface area (Å²) in [6.07, 6.45) is 9.11. The van der Waals surface area contributed by atoms with Crippen LogP contribution in [0.3, 0.4) is 0 Å². The minimum atomic E-state index is 0.621. The molecule has 1 aromatic rings. The van der Waals surface area contributed by atoms with Gasteiger partial charge in [0.2, 0.25) is 0 Å². The van der Waals surface area contributed by atoms with Crippen LogP contribution in [-0.4, -0.2) is 48.1 Å². The highest BCUT2D eigenvalue weighted by atomic mass is 32.2. The van der Waals surface area contributed by atoms with Crippen molar-refractivity contribution in [2.45, 2.75) is 49.4 Å². The highest BCUT2D eigenvalue weighted by Gasteiger charge is 2.29. The van der Waals surface area contributed by atoms with E-state index in [0.29, 0.717) is 6.04 Å². The van der Waals surface area contributed by atoms with E-state index in [4.69, 9.17) is 0 Å². The Kier molecular flexibility index (Phi) is 5.61. The Morgan fingerprint density at radius 1 is 1.24 bits per heavy atom. The summed E-state index contributed by atoms with van der Waals surface area (Å²) >= 11 is 2.07. The third-order valence-corrected chi connectivity index (χ3v) is 6.15. The lowest BCUT2D eigenvalue weighted by molar-refractivity contribution is 0.117. The summed E-state index contributed by atoms with van der Waals surface area (Å²) in [5.41, 5.74) is 1.46. The van der Waals surface area contributed by atoms with Gasteiger partial charge in [-0.15, -0.1) is 0 Å². The van der Waals surface area contributed by atoms with Crippen LogP contribution < -0.4 is 5.32 Å². The van der Waals surface area contributed by atoms with Crippen LogP contribution in [-0.2, 0) is 6.42 Å². The Labute approximate surface area is 133 Å². The van der Waals surface area contributed by atoms with Gasteiger partial charge in [0.15, 0.2) is 0 Å². The smallest absolute Gasteiger partial charge is 0.0236 e. The van der Waals surface area contributed by atoms with Gasteiger partial charge in [0.05, 0.1) is 0 Å². The van der Waals surface area contributed by atoms with E-state index in [-0.39, 0.29) is 0 Å². The predicted molar refractivity (Wildman–Crippen MR) is 93.1 cm³/mol. The Morgan fingerprint density at radius 3 is 2.90 bits per heavy atom. The van der Waals surface area contributed by atoms with Gasteiger partial charge in [-0.3, -0.25) is 4.90 Å². The molecule has 2 aliphatic rings. The first-order valence-electron chi connectivity index (χ1n) is 8.39. The average molecular weight is 305 g/mol. The molecule has 0 aromatic heterocycles. The van der Waals surface area contributed by atoms with Gasteiger partial charge < -0.3 is 5.32 Å². The van der Waals surface area contributed by atoms with Gasteiger partial charge in [-0.05, 0) is 37.5 Å². The second-order valence-corrected chi connectivity index (χ2v) is 7.65. The summed E-state index contributed by atoms with van der Waals surface area (Å²) in [6.45, 7) is 3.61. The fraction of sp³-hybridized carbons (Fsp3) is 0.667. The molecule has 3 atom stereocenters. The number of thioether (sulfide) groups is 1. The number of hydrogen-bond acceptors (Lipinski definition) is 3. The van der Waals surface area contributed by atoms with E-state index >= 15 is 0 Å². The molecule has 1 saturated carbocycles. The maximum absolute atomic E-state index is 3.71. The Bertz CT molecular complexity index is 422. The van der Waals surface area contributed by atoms with E-state index < -0.39 is 0 Å². The first kappa shape index (κ1) is 15.4. The van der Waals surface area contributed by atoms with Crippen molar-refractivity contribution in [2.75, 3.05) is 25.9 Å². The molecule has 2 fully saturated rings. The average Bonchev–Trinajstić information content (AvgIpc) is 2.56. The maximum atomic E-state index is 3.71. The third-order valence-electron chi connectivity index (χ3n) is 5.06. The van der Waals surface area contributed by atoms with Gasteiger partial charge in [0.25, 0.3) is 0 Å². The Hall–Kier alpha value is -0.510. The largest absolute Gasteiger partial charge is 0.311 e. The standard InChI is InChI=1S/C18H28N2S/c1-21-18-9-5-8-17(13-18)20-11-10-19-16(14-20)12-15-6-3-2-4-7-15/h2-4,6-7,16-19H,5,8-14H2,1H3. The highest BCUT2D eigenvalue weighted by molar-refractivity contribution is 7.99. The van der Waals surface area contributed by atoms with E-state index in [1.165, 1.54) is 44.3 Å². The zero-order valence-corrected chi connectivity index (χ0v) is 13.9. The maximum Gasteiger partial charge on any atom is 0.0236 e. The number of nitrogens with one attached hydrogen (secondary N) is 1. The molecule has 1 saturated heterocycles. The minimum absolute atomic E-state index is 0.621. The van der Waals surface area contributed by atoms with Crippen molar-refractivity contribution in [1.82, 2.24) is 10.2 Å². The first-order valence-corrected chi connectivity index (χ1v) is 9.68. The molecule has 3 heteroatoms. The summed E-state index contributed by atoms with van der Waals surface area (Å²) in [5, 5.41) is 4.61. The topological polar surface area (TPSA) is 15.3 Å². The summed E-state index contributed by atoms with van der Waals surface area (Å²) in [5.74, 6) is 0. The third kappa shape index (κ3) is 4.24. The lowest BCUT2D eigenvalue weighted by Gasteiger charge is -2.42. The zero-order valence-electron chi connectivity index (χ0n) is 13.1. The van der Waals surface area contributed by atoms with Gasteiger partial charge >= 0.3 is 0 Å². The van der Waals surface area contributed by atoms with Crippen molar-refractivity contribution in [3.05, 3.63) is 35.9 Å². The van der Waals surface area contributed by atoms with Crippen LogP contribution in [0.5, 0.6) is 0 Å². The van der Waals surface area contributed by atoms with Gasteiger partial charge in [-0.25, -0.2) is 0 Å². The van der Waals surface area contributed by atoms with Gasteiger partial charge in [0.1, 0.15) is 0 Å². The van der Waals surface area contributed by atoms with Crippen LogP contribution in [0, 0.1) is 0 Å². The monoisotopic (exact) mass is 304 g/mol. The number of rotatable bonds is 4. The van der Waals surface area contributed by atoms with Gasteiger partial charge in [0, 0.05) is 37.0 Å². The fourth-order valence-corrected chi connectivity index (χ4v) is 4.70.